The zero-order valence-electron chi connectivity index (χ0n) is 12.7. The molecule has 1 N–H and O–H groups in total. The van der Waals surface area contributed by atoms with E-state index in [1.165, 1.54) is 0 Å². The molecule has 1 aliphatic carbocycles. The predicted molar refractivity (Wildman–Crippen MR) is 79.8 cm³/mol. The molecule has 0 bridgehead atoms. The van der Waals surface area contributed by atoms with Crippen LogP contribution in [0, 0.1) is 17.5 Å². The van der Waals surface area contributed by atoms with E-state index in [-0.39, 0.29) is 10.8 Å². The molecule has 3 rings (SSSR count). The lowest BCUT2D eigenvalue weighted by Gasteiger charge is -2.28. The monoisotopic (exact) mass is 348 g/mol. The van der Waals surface area contributed by atoms with E-state index in [0.717, 1.165) is 12.1 Å². The summed E-state index contributed by atoms with van der Waals surface area (Å²) in [6.07, 6.45) is 1.83. The number of likely N-dealkylation sites (N-methyl/N-ethyl adjacent to an activating group) is 1. The van der Waals surface area contributed by atoms with Crippen molar-refractivity contribution < 1.29 is 21.6 Å². The Morgan fingerprint density at radius 2 is 1.78 bits per heavy atom. The molecule has 0 unspecified atom stereocenters. The fraction of sp³-hybridized carbons (Fsp3) is 0.600. The summed E-state index contributed by atoms with van der Waals surface area (Å²) in [6, 6.07) is 0.938. The van der Waals surface area contributed by atoms with Gasteiger partial charge in [0.15, 0.2) is 17.5 Å². The Balaban J connectivity index is 1.91. The van der Waals surface area contributed by atoms with E-state index in [1.807, 2.05) is 11.8 Å². The van der Waals surface area contributed by atoms with Crippen LogP contribution in [-0.2, 0) is 10.0 Å². The van der Waals surface area contributed by atoms with Gasteiger partial charge in [0.1, 0.15) is 0 Å². The lowest BCUT2D eigenvalue weighted by Crippen LogP contribution is -2.41. The second-order valence-corrected chi connectivity index (χ2v) is 8.12. The summed E-state index contributed by atoms with van der Waals surface area (Å²) in [6.45, 7) is 3.10. The van der Waals surface area contributed by atoms with E-state index in [4.69, 9.17) is 0 Å². The molecule has 0 aromatic heterocycles. The summed E-state index contributed by atoms with van der Waals surface area (Å²) in [7, 11) is -3.41. The van der Waals surface area contributed by atoms with Gasteiger partial charge in [0.25, 0.3) is 0 Å². The lowest BCUT2D eigenvalue weighted by molar-refractivity contribution is 0.254. The van der Waals surface area contributed by atoms with Gasteiger partial charge in [-0.25, -0.2) is 26.3 Å². The minimum Gasteiger partial charge on any atom is -0.295 e. The minimum atomic E-state index is -3.41. The average Bonchev–Trinajstić information content (AvgIpc) is 3.27. The van der Waals surface area contributed by atoms with Crippen molar-refractivity contribution in [2.45, 2.75) is 43.5 Å². The molecule has 1 saturated carbocycles. The van der Waals surface area contributed by atoms with E-state index < -0.39 is 39.6 Å². The van der Waals surface area contributed by atoms with Crippen molar-refractivity contribution in [2.24, 2.45) is 0 Å². The Morgan fingerprint density at radius 3 is 2.30 bits per heavy atom. The van der Waals surface area contributed by atoms with E-state index in [0.29, 0.717) is 32.4 Å². The molecule has 0 amide bonds. The van der Waals surface area contributed by atoms with Crippen LogP contribution in [0.15, 0.2) is 12.1 Å². The molecular weight excluding hydrogens is 329 g/mol. The Kier molecular flexibility index (Phi) is 4.41. The lowest BCUT2D eigenvalue weighted by atomic mass is 10.0. The van der Waals surface area contributed by atoms with Crippen LogP contribution in [0.1, 0.15) is 37.8 Å². The van der Waals surface area contributed by atoms with E-state index >= 15 is 0 Å². The highest BCUT2D eigenvalue weighted by molar-refractivity contribution is 7.90. The van der Waals surface area contributed by atoms with Crippen LogP contribution in [-0.4, -0.2) is 37.7 Å². The van der Waals surface area contributed by atoms with Crippen molar-refractivity contribution in [2.75, 3.05) is 13.1 Å². The number of hydrogen-bond acceptors (Lipinski definition) is 3. The van der Waals surface area contributed by atoms with Gasteiger partial charge in [0.05, 0.1) is 11.3 Å². The Morgan fingerprint density at radius 1 is 1.17 bits per heavy atom. The molecule has 0 radical (unpaired) electrons. The first-order valence-corrected chi connectivity index (χ1v) is 9.27. The van der Waals surface area contributed by atoms with Crippen molar-refractivity contribution >= 4 is 10.0 Å². The first-order chi connectivity index (χ1) is 10.8. The molecule has 0 spiro atoms. The highest BCUT2D eigenvalue weighted by atomic mass is 32.2. The zero-order chi connectivity index (χ0) is 16.8. The first-order valence-electron chi connectivity index (χ1n) is 7.73. The van der Waals surface area contributed by atoms with Gasteiger partial charge < -0.3 is 0 Å². The highest BCUT2D eigenvalue weighted by Gasteiger charge is 2.42. The zero-order valence-corrected chi connectivity index (χ0v) is 13.5. The number of rotatable bonds is 5. The number of nitrogens with zero attached hydrogens (tertiary/aromatic N) is 1. The Hall–Kier alpha value is -1.12. The van der Waals surface area contributed by atoms with Crippen LogP contribution in [0.3, 0.4) is 0 Å². The topological polar surface area (TPSA) is 49.4 Å². The maximum Gasteiger partial charge on any atom is 0.214 e. The van der Waals surface area contributed by atoms with E-state index in [9.17, 15) is 21.6 Å². The van der Waals surface area contributed by atoms with Gasteiger partial charge in [-0.3, -0.25) is 4.90 Å². The van der Waals surface area contributed by atoms with Crippen molar-refractivity contribution in [3.63, 3.8) is 0 Å². The van der Waals surface area contributed by atoms with E-state index in [2.05, 4.69) is 4.72 Å². The normalized spacial score (nSPS) is 25.9. The van der Waals surface area contributed by atoms with Gasteiger partial charge in [-0.2, -0.15) is 0 Å². The molecule has 128 valence electrons. The van der Waals surface area contributed by atoms with Gasteiger partial charge in [-0.1, -0.05) is 6.92 Å². The standard InChI is InChI=1S/C15H19F3N2O2S/c1-2-20-6-5-13(19-23(21,22)10-3-4-10)15(20)9-7-11(16)14(18)12(17)8-9/h7-8,10,13,15,19H,2-6H2,1H3/t13-,15+/m0/s1. The molecule has 2 fully saturated rings. The first kappa shape index (κ1) is 16.7. The third kappa shape index (κ3) is 3.25. The van der Waals surface area contributed by atoms with Gasteiger partial charge in [0.2, 0.25) is 10.0 Å². The SMILES string of the molecule is CCN1CC[C@H](NS(=O)(=O)C2CC2)[C@H]1c1cc(F)c(F)c(F)c1. The summed E-state index contributed by atoms with van der Waals surface area (Å²) < 4.78 is 67.3. The molecule has 4 nitrogen and oxygen atoms in total. The summed E-state index contributed by atoms with van der Waals surface area (Å²) in [4.78, 5) is 1.94. The number of sulfonamides is 1. The second kappa shape index (κ2) is 6.07. The number of hydrogen-bond donors (Lipinski definition) is 1. The number of likely N-dealkylation sites (tertiary alicyclic amines) is 1. The van der Waals surface area contributed by atoms with Crippen LogP contribution in [0.5, 0.6) is 0 Å². The van der Waals surface area contributed by atoms with Crippen molar-refractivity contribution in [1.29, 1.82) is 0 Å². The molecule has 8 heteroatoms. The maximum absolute atomic E-state index is 13.6. The molecule has 23 heavy (non-hydrogen) atoms. The summed E-state index contributed by atoms with van der Waals surface area (Å²) >= 11 is 0. The molecule has 1 aliphatic heterocycles. The Bertz CT molecular complexity index is 684. The van der Waals surface area contributed by atoms with Gasteiger partial charge in [-0.15, -0.1) is 0 Å². The smallest absolute Gasteiger partial charge is 0.214 e. The minimum absolute atomic E-state index is 0.254. The predicted octanol–water partition coefficient (Wildman–Crippen LogP) is 2.32. The quantitative estimate of drug-likeness (QED) is 0.831. The second-order valence-electron chi connectivity index (χ2n) is 6.13. The fourth-order valence-electron chi connectivity index (χ4n) is 3.21. The number of halogens is 3. The van der Waals surface area contributed by atoms with Crippen LogP contribution in [0.2, 0.25) is 0 Å². The van der Waals surface area contributed by atoms with Crippen LogP contribution in [0.4, 0.5) is 13.2 Å². The van der Waals surface area contributed by atoms with Gasteiger partial charge in [-0.05, 0) is 43.5 Å². The van der Waals surface area contributed by atoms with Gasteiger partial charge in [0, 0.05) is 12.6 Å². The Labute approximate surface area is 133 Å². The largest absolute Gasteiger partial charge is 0.295 e. The van der Waals surface area contributed by atoms with E-state index in [1.54, 1.807) is 0 Å². The third-order valence-corrected chi connectivity index (χ3v) is 6.51. The van der Waals surface area contributed by atoms with Crippen LogP contribution < -0.4 is 4.72 Å². The van der Waals surface area contributed by atoms with Gasteiger partial charge >= 0.3 is 0 Å². The summed E-state index contributed by atoms with van der Waals surface area (Å²) in [5, 5.41) is -0.361. The summed E-state index contributed by atoms with van der Waals surface area (Å²) in [5.41, 5.74) is 0.254. The van der Waals surface area contributed by atoms with Crippen LogP contribution >= 0.6 is 0 Å². The van der Waals surface area contributed by atoms with Crippen molar-refractivity contribution in [3.05, 3.63) is 35.1 Å². The highest BCUT2D eigenvalue weighted by Crippen LogP contribution is 2.35. The summed E-state index contributed by atoms with van der Waals surface area (Å²) in [5.74, 6) is -4.02. The number of nitrogens with one attached hydrogen (secondary N) is 1. The molecule has 2 atom stereocenters. The number of benzene rings is 1. The van der Waals surface area contributed by atoms with Crippen molar-refractivity contribution in [3.8, 4) is 0 Å². The van der Waals surface area contributed by atoms with Crippen molar-refractivity contribution in [1.82, 2.24) is 9.62 Å². The molecular formula is C15H19F3N2O2S. The molecule has 2 aliphatic rings. The van der Waals surface area contributed by atoms with Crippen LogP contribution in [0.25, 0.3) is 0 Å². The fourth-order valence-corrected chi connectivity index (χ4v) is 4.83. The maximum atomic E-state index is 13.6. The molecule has 1 saturated heterocycles. The molecule has 1 aromatic carbocycles. The molecule has 1 aromatic rings. The average molecular weight is 348 g/mol. The third-order valence-electron chi connectivity index (χ3n) is 4.53. The molecule has 1 heterocycles.